The fourth-order valence-electron chi connectivity index (χ4n) is 2.00. The lowest BCUT2D eigenvalue weighted by Gasteiger charge is -2.15. The van der Waals surface area contributed by atoms with Gasteiger partial charge in [-0.2, -0.15) is 5.10 Å². The van der Waals surface area contributed by atoms with Crippen molar-refractivity contribution in [1.82, 2.24) is 15.1 Å². The number of rotatable bonds is 6. The number of carbonyl (C=O) groups excluding carboxylic acids is 1. The summed E-state index contributed by atoms with van der Waals surface area (Å²) in [5, 5.41) is 7.39. The molecule has 1 aromatic rings. The fraction of sp³-hybridized carbons (Fsp3) is 0.667. The molecule has 0 saturated heterocycles. The van der Waals surface area contributed by atoms with E-state index in [1.807, 2.05) is 17.8 Å². The van der Waals surface area contributed by atoms with Crippen LogP contribution in [0, 0.1) is 5.92 Å². The van der Waals surface area contributed by atoms with Crippen molar-refractivity contribution in [3.63, 3.8) is 0 Å². The standard InChI is InChI=1S/C12H19N3O2/c1-15-10(6-8-14-15)5-7-13-11(9-3-4-9)12(16)17-2/h6,8-9,11,13H,3-5,7H2,1-2H3. The van der Waals surface area contributed by atoms with Gasteiger partial charge in [0.15, 0.2) is 0 Å². The van der Waals surface area contributed by atoms with Crippen LogP contribution < -0.4 is 5.32 Å². The molecule has 0 spiro atoms. The highest BCUT2D eigenvalue weighted by atomic mass is 16.5. The zero-order valence-electron chi connectivity index (χ0n) is 10.3. The largest absolute Gasteiger partial charge is 0.468 e. The highest BCUT2D eigenvalue weighted by molar-refractivity contribution is 5.76. The van der Waals surface area contributed by atoms with Crippen LogP contribution in [0.5, 0.6) is 0 Å². The van der Waals surface area contributed by atoms with Gasteiger partial charge >= 0.3 is 5.97 Å². The molecule has 0 bridgehead atoms. The van der Waals surface area contributed by atoms with Crippen molar-refractivity contribution in [3.8, 4) is 0 Å². The number of nitrogens with one attached hydrogen (secondary N) is 1. The van der Waals surface area contributed by atoms with E-state index in [2.05, 4.69) is 10.4 Å². The Morgan fingerprint density at radius 2 is 2.47 bits per heavy atom. The molecule has 1 fully saturated rings. The van der Waals surface area contributed by atoms with Crippen molar-refractivity contribution in [2.24, 2.45) is 13.0 Å². The molecule has 1 heterocycles. The topological polar surface area (TPSA) is 56.1 Å². The molecule has 2 rings (SSSR count). The molecular weight excluding hydrogens is 218 g/mol. The Labute approximate surface area is 101 Å². The van der Waals surface area contributed by atoms with Gasteiger partial charge < -0.3 is 10.1 Å². The molecule has 1 atom stereocenters. The third kappa shape index (κ3) is 3.06. The zero-order chi connectivity index (χ0) is 12.3. The molecule has 17 heavy (non-hydrogen) atoms. The van der Waals surface area contributed by atoms with Crippen LogP contribution in [0.1, 0.15) is 18.5 Å². The van der Waals surface area contributed by atoms with Gasteiger partial charge in [-0.05, 0) is 24.8 Å². The Morgan fingerprint density at radius 1 is 1.71 bits per heavy atom. The van der Waals surface area contributed by atoms with Gasteiger partial charge in [0.1, 0.15) is 6.04 Å². The molecule has 1 unspecified atom stereocenters. The van der Waals surface area contributed by atoms with Crippen molar-refractivity contribution in [2.45, 2.75) is 25.3 Å². The van der Waals surface area contributed by atoms with Gasteiger partial charge in [-0.1, -0.05) is 0 Å². The first-order valence-electron chi connectivity index (χ1n) is 6.00. The average molecular weight is 237 g/mol. The molecule has 5 nitrogen and oxygen atoms in total. The van der Waals surface area contributed by atoms with Crippen molar-refractivity contribution in [2.75, 3.05) is 13.7 Å². The number of aryl methyl sites for hydroxylation is 1. The van der Waals surface area contributed by atoms with Crippen LogP contribution in [0.15, 0.2) is 12.3 Å². The highest BCUT2D eigenvalue weighted by Gasteiger charge is 2.36. The summed E-state index contributed by atoms with van der Waals surface area (Å²) in [6.45, 7) is 0.774. The summed E-state index contributed by atoms with van der Waals surface area (Å²) in [4.78, 5) is 11.6. The third-order valence-electron chi connectivity index (χ3n) is 3.22. The van der Waals surface area contributed by atoms with E-state index >= 15 is 0 Å². The second-order valence-electron chi connectivity index (χ2n) is 4.49. The maximum absolute atomic E-state index is 11.6. The van der Waals surface area contributed by atoms with Gasteiger partial charge in [0.25, 0.3) is 0 Å². The Kier molecular flexibility index (Phi) is 3.78. The van der Waals surface area contributed by atoms with Gasteiger partial charge in [0.05, 0.1) is 7.11 Å². The number of nitrogens with zero attached hydrogens (tertiary/aromatic N) is 2. The van der Waals surface area contributed by atoms with Crippen LogP contribution in [0.3, 0.4) is 0 Å². The molecular formula is C12H19N3O2. The minimum Gasteiger partial charge on any atom is -0.468 e. The lowest BCUT2D eigenvalue weighted by Crippen LogP contribution is -2.40. The van der Waals surface area contributed by atoms with E-state index in [0.717, 1.165) is 31.5 Å². The van der Waals surface area contributed by atoms with E-state index in [1.54, 1.807) is 6.20 Å². The number of methoxy groups -OCH3 is 1. The SMILES string of the molecule is COC(=O)C(NCCc1ccnn1C)C1CC1. The van der Waals surface area contributed by atoms with Crippen molar-refractivity contribution < 1.29 is 9.53 Å². The molecule has 0 aromatic carbocycles. The van der Waals surface area contributed by atoms with Crippen LogP contribution in [-0.2, 0) is 23.0 Å². The maximum atomic E-state index is 11.6. The van der Waals surface area contributed by atoms with E-state index in [9.17, 15) is 4.79 Å². The van der Waals surface area contributed by atoms with E-state index in [0.29, 0.717) is 5.92 Å². The van der Waals surface area contributed by atoms with Crippen LogP contribution in [0.4, 0.5) is 0 Å². The van der Waals surface area contributed by atoms with Crippen LogP contribution in [-0.4, -0.2) is 35.4 Å². The zero-order valence-corrected chi connectivity index (χ0v) is 10.3. The smallest absolute Gasteiger partial charge is 0.323 e. The monoisotopic (exact) mass is 237 g/mol. The normalized spacial score (nSPS) is 16.8. The van der Waals surface area contributed by atoms with Crippen LogP contribution >= 0.6 is 0 Å². The number of ether oxygens (including phenoxy) is 1. The summed E-state index contributed by atoms with van der Waals surface area (Å²) in [6.07, 6.45) is 4.90. The van der Waals surface area contributed by atoms with E-state index in [1.165, 1.54) is 7.11 Å². The number of aromatic nitrogens is 2. The first-order valence-corrected chi connectivity index (χ1v) is 6.00. The Bertz CT molecular complexity index is 385. The third-order valence-corrected chi connectivity index (χ3v) is 3.22. The number of hydrogen-bond donors (Lipinski definition) is 1. The summed E-state index contributed by atoms with van der Waals surface area (Å²) in [7, 11) is 3.37. The molecule has 0 aliphatic heterocycles. The molecule has 1 aliphatic carbocycles. The maximum Gasteiger partial charge on any atom is 0.323 e. The number of hydrogen-bond acceptors (Lipinski definition) is 4. The minimum atomic E-state index is -0.141. The van der Waals surface area contributed by atoms with Crippen molar-refractivity contribution >= 4 is 5.97 Å². The lowest BCUT2D eigenvalue weighted by molar-refractivity contribution is -0.143. The summed E-state index contributed by atoms with van der Waals surface area (Å²) in [5.41, 5.74) is 1.16. The second-order valence-corrected chi connectivity index (χ2v) is 4.49. The summed E-state index contributed by atoms with van der Waals surface area (Å²) in [5.74, 6) is 0.325. The van der Waals surface area contributed by atoms with Crippen molar-refractivity contribution in [1.29, 1.82) is 0 Å². The fourth-order valence-corrected chi connectivity index (χ4v) is 2.00. The van der Waals surface area contributed by atoms with E-state index in [4.69, 9.17) is 4.74 Å². The number of esters is 1. The van der Waals surface area contributed by atoms with Crippen LogP contribution in [0.25, 0.3) is 0 Å². The quantitative estimate of drug-likeness (QED) is 0.732. The molecule has 94 valence electrons. The predicted octanol–water partition coefficient (Wildman–Crippen LogP) is 0.504. The van der Waals surface area contributed by atoms with Gasteiger partial charge in [-0.15, -0.1) is 0 Å². The molecule has 1 aliphatic rings. The highest BCUT2D eigenvalue weighted by Crippen LogP contribution is 2.33. The Hall–Kier alpha value is -1.36. The Balaban J connectivity index is 1.80. The average Bonchev–Trinajstić information content (AvgIpc) is 3.08. The first kappa shape index (κ1) is 12.1. The van der Waals surface area contributed by atoms with Gasteiger partial charge in [-0.3, -0.25) is 9.48 Å². The molecule has 5 heteroatoms. The predicted molar refractivity (Wildman–Crippen MR) is 63.4 cm³/mol. The van der Waals surface area contributed by atoms with Gasteiger partial charge in [0.2, 0.25) is 0 Å². The first-order chi connectivity index (χ1) is 8.22. The molecule has 0 amide bonds. The van der Waals surface area contributed by atoms with Gasteiger partial charge in [0, 0.05) is 31.9 Å². The summed E-state index contributed by atoms with van der Waals surface area (Å²) >= 11 is 0. The van der Waals surface area contributed by atoms with E-state index in [-0.39, 0.29) is 12.0 Å². The second kappa shape index (κ2) is 5.31. The molecule has 1 aromatic heterocycles. The summed E-state index contributed by atoms with van der Waals surface area (Å²) < 4.78 is 6.66. The minimum absolute atomic E-state index is 0.131. The molecule has 1 saturated carbocycles. The van der Waals surface area contributed by atoms with Crippen molar-refractivity contribution in [3.05, 3.63) is 18.0 Å². The summed E-state index contributed by atoms with van der Waals surface area (Å²) in [6, 6.07) is 1.86. The van der Waals surface area contributed by atoms with E-state index < -0.39 is 0 Å². The Morgan fingerprint density at radius 3 is 3.00 bits per heavy atom. The lowest BCUT2D eigenvalue weighted by atomic mass is 10.2. The number of carbonyl (C=O) groups is 1. The van der Waals surface area contributed by atoms with Gasteiger partial charge in [-0.25, -0.2) is 0 Å². The molecule has 1 N–H and O–H groups in total. The molecule has 0 radical (unpaired) electrons. The van der Waals surface area contributed by atoms with Crippen LogP contribution in [0.2, 0.25) is 0 Å².